The van der Waals surface area contributed by atoms with Gasteiger partial charge in [0.05, 0.1) is 6.54 Å². The lowest BCUT2D eigenvalue weighted by atomic mass is 10.1. The van der Waals surface area contributed by atoms with E-state index in [4.69, 9.17) is 19.7 Å². The molecule has 1 aromatic heterocycles. The van der Waals surface area contributed by atoms with Crippen LogP contribution in [0.4, 0.5) is 5.69 Å². The van der Waals surface area contributed by atoms with E-state index >= 15 is 0 Å². The van der Waals surface area contributed by atoms with Crippen LogP contribution in [0, 0.1) is 0 Å². The Morgan fingerprint density at radius 1 is 0.871 bits per heavy atom. The maximum absolute atomic E-state index is 12.8. The van der Waals surface area contributed by atoms with E-state index in [0.29, 0.717) is 13.1 Å². The molecule has 10 heteroatoms. The third-order valence-corrected chi connectivity index (χ3v) is 4.69. The van der Waals surface area contributed by atoms with Crippen LogP contribution >= 0.6 is 0 Å². The highest BCUT2D eigenvalue weighted by atomic mass is 16.5. The van der Waals surface area contributed by atoms with Crippen LogP contribution in [-0.4, -0.2) is 83.8 Å². The molecule has 1 fully saturated rings. The van der Waals surface area contributed by atoms with Crippen LogP contribution in [-0.2, 0) is 9.59 Å². The number of carboxylic acids is 2. The summed E-state index contributed by atoms with van der Waals surface area (Å²) in [6.45, 7) is 1.93. The van der Waals surface area contributed by atoms with Crippen molar-refractivity contribution in [2.45, 2.75) is 0 Å². The smallest absolute Gasteiger partial charge is 0.341 e. The van der Waals surface area contributed by atoms with E-state index in [2.05, 4.69) is 9.88 Å². The molecule has 0 aliphatic carbocycles. The number of Topliss-reactive ketones (excluding diaryl/α,β-unsaturated/α-hetero) is 1. The average molecular weight is 429 g/mol. The first-order valence-corrected chi connectivity index (χ1v) is 9.65. The zero-order valence-electron chi connectivity index (χ0n) is 16.8. The van der Waals surface area contributed by atoms with Crippen LogP contribution < -0.4 is 14.4 Å². The van der Waals surface area contributed by atoms with Crippen molar-refractivity contribution < 1.29 is 34.1 Å². The largest absolute Gasteiger partial charge is 0.482 e. The fourth-order valence-corrected chi connectivity index (χ4v) is 3.20. The maximum Gasteiger partial charge on any atom is 0.341 e. The van der Waals surface area contributed by atoms with Gasteiger partial charge in [0, 0.05) is 55.9 Å². The van der Waals surface area contributed by atoms with Gasteiger partial charge in [0.2, 0.25) is 0 Å². The van der Waals surface area contributed by atoms with Gasteiger partial charge in [-0.05, 0) is 24.3 Å². The molecule has 0 spiro atoms. The normalized spacial score (nSPS) is 14.1. The number of ether oxygens (including phenoxy) is 2. The van der Waals surface area contributed by atoms with Gasteiger partial charge in [-0.2, -0.15) is 0 Å². The fourth-order valence-electron chi connectivity index (χ4n) is 3.20. The van der Waals surface area contributed by atoms with Crippen molar-refractivity contribution in [2.75, 3.05) is 50.8 Å². The number of aliphatic carboxylic acids is 2. The Labute approximate surface area is 178 Å². The molecule has 1 aliphatic heterocycles. The molecule has 2 N–H and O–H groups in total. The van der Waals surface area contributed by atoms with Crippen molar-refractivity contribution in [3.05, 3.63) is 48.3 Å². The third kappa shape index (κ3) is 6.68. The van der Waals surface area contributed by atoms with Crippen LogP contribution in [0.2, 0.25) is 0 Å². The minimum absolute atomic E-state index is 0.121. The summed E-state index contributed by atoms with van der Waals surface area (Å²) in [6.07, 6.45) is 3.49. The maximum atomic E-state index is 12.8. The number of hydrogen-bond acceptors (Lipinski definition) is 8. The monoisotopic (exact) mass is 429 g/mol. The van der Waals surface area contributed by atoms with Crippen LogP contribution in [0.15, 0.2) is 42.7 Å². The van der Waals surface area contributed by atoms with Crippen LogP contribution in [0.5, 0.6) is 11.5 Å². The van der Waals surface area contributed by atoms with Crippen LogP contribution in [0.25, 0.3) is 0 Å². The first-order chi connectivity index (χ1) is 14.9. The van der Waals surface area contributed by atoms with Gasteiger partial charge in [-0.25, -0.2) is 9.59 Å². The quantitative estimate of drug-likeness (QED) is 0.528. The van der Waals surface area contributed by atoms with Crippen molar-refractivity contribution in [3.8, 4) is 11.5 Å². The van der Waals surface area contributed by atoms with Crippen molar-refractivity contribution in [1.82, 2.24) is 9.88 Å². The molecule has 2 aromatic rings. The first-order valence-electron chi connectivity index (χ1n) is 9.65. The molecular formula is C21H23N3O7. The number of pyridine rings is 1. The van der Waals surface area contributed by atoms with Crippen LogP contribution in [0.1, 0.15) is 10.4 Å². The van der Waals surface area contributed by atoms with Gasteiger partial charge in [-0.3, -0.25) is 14.7 Å². The molecule has 2 heterocycles. The third-order valence-electron chi connectivity index (χ3n) is 4.69. The van der Waals surface area contributed by atoms with Crippen molar-refractivity contribution in [1.29, 1.82) is 0 Å². The van der Waals surface area contributed by atoms with Gasteiger partial charge in [0.1, 0.15) is 11.5 Å². The predicted molar refractivity (Wildman–Crippen MR) is 110 cm³/mol. The van der Waals surface area contributed by atoms with E-state index in [0.717, 1.165) is 18.8 Å². The summed E-state index contributed by atoms with van der Waals surface area (Å²) in [5.74, 6) is -2.29. The molecule has 1 aliphatic rings. The lowest BCUT2D eigenvalue weighted by Gasteiger charge is -2.35. The molecule has 0 radical (unpaired) electrons. The van der Waals surface area contributed by atoms with E-state index in [9.17, 15) is 14.4 Å². The molecule has 1 aromatic carbocycles. The number of nitrogens with zero attached hydrogens (tertiary/aromatic N) is 3. The number of benzene rings is 1. The minimum atomic E-state index is -1.17. The summed E-state index contributed by atoms with van der Waals surface area (Å²) < 4.78 is 10.3. The number of anilines is 1. The van der Waals surface area contributed by atoms with Gasteiger partial charge >= 0.3 is 11.9 Å². The van der Waals surface area contributed by atoms with Gasteiger partial charge in [-0.15, -0.1) is 0 Å². The van der Waals surface area contributed by atoms with Crippen molar-refractivity contribution in [2.24, 2.45) is 0 Å². The van der Waals surface area contributed by atoms with Gasteiger partial charge in [0.25, 0.3) is 0 Å². The molecule has 0 amide bonds. The Morgan fingerprint density at radius 3 is 1.94 bits per heavy atom. The van der Waals surface area contributed by atoms with E-state index in [1.807, 2.05) is 17.0 Å². The zero-order chi connectivity index (χ0) is 22.2. The second-order valence-corrected chi connectivity index (χ2v) is 6.95. The summed E-state index contributed by atoms with van der Waals surface area (Å²) in [5, 5.41) is 17.6. The molecule has 10 nitrogen and oxygen atoms in total. The molecule has 0 atom stereocenters. The zero-order valence-corrected chi connectivity index (χ0v) is 16.8. The Morgan fingerprint density at radius 2 is 1.42 bits per heavy atom. The predicted octanol–water partition coefficient (Wildman–Crippen LogP) is 1.01. The van der Waals surface area contributed by atoms with E-state index in [1.54, 1.807) is 12.4 Å². The Bertz CT molecular complexity index is 892. The molecular weight excluding hydrogens is 406 g/mol. The van der Waals surface area contributed by atoms with E-state index in [-0.39, 0.29) is 29.4 Å². The number of aromatic nitrogens is 1. The molecule has 0 saturated carbocycles. The number of hydrogen-bond donors (Lipinski definition) is 2. The Hall–Kier alpha value is -3.66. The van der Waals surface area contributed by atoms with Gasteiger partial charge < -0.3 is 24.6 Å². The summed E-state index contributed by atoms with van der Waals surface area (Å²) in [7, 11) is 0. The lowest BCUT2D eigenvalue weighted by molar-refractivity contribution is -0.140. The Kier molecular flexibility index (Phi) is 7.39. The summed E-state index contributed by atoms with van der Waals surface area (Å²) in [5.41, 5.74) is 1.35. The Balaban J connectivity index is 1.64. The highest BCUT2D eigenvalue weighted by Crippen LogP contribution is 2.24. The standard InChI is InChI=1S/C21H23N3O7/c25-19(12-23-5-7-24(8-6-23)16-1-3-22-4-2-16)15-9-17(30-13-20(26)27)11-18(10-15)31-14-21(28)29/h1-4,9-11H,5-8,12-14H2,(H,26,27)(H,28,29). The fraction of sp³-hybridized carbons (Fsp3) is 0.333. The number of rotatable bonds is 10. The SMILES string of the molecule is O=C(O)COc1cc(OCC(=O)O)cc(C(=O)CN2CCN(c3ccncc3)CC2)c1. The summed E-state index contributed by atoms with van der Waals surface area (Å²) >= 11 is 0. The topological polar surface area (TPSA) is 130 Å². The second kappa shape index (κ2) is 10.4. The van der Waals surface area contributed by atoms with Gasteiger partial charge in [-0.1, -0.05) is 0 Å². The number of carbonyl (C=O) groups is 3. The molecule has 31 heavy (non-hydrogen) atoms. The van der Waals surface area contributed by atoms with E-state index in [1.165, 1.54) is 18.2 Å². The molecule has 0 unspecified atom stereocenters. The number of carbonyl (C=O) groups excluding carboxylic acids is 1. The molecule has 0 bridgehead atoms. The second-order valence-electron chi connectivity index (χ2n) is 6.95. The van der Waals surface area contributed by atoms with Crippen LogP contribution in [0.3, 0.4) is 0 Å². The molecule has 3 rings (SSSR count). The summed E-state index contributed by atoms with van der Waals surface area (Å²) in [4.78, 5) is 42.6. The number of ketones is 1. The number of piperazine rings is 1. The average Bonchev–Trinajstić information content (AvgIpc) is 2.77. The minimum Gasteiger partial charge on any atom is -0.482 e. The first kappa shape index (κ1) is 22.0. The molecule has 1 saturated heterocycles. The van der Waals surface area contributed by atoms with E-state index < -0.39 is 25.2 Å². The lowest BCUT2D eigenvalue weighted by Crippen LogP contribution is -2.48. The molecule has 164 valence electrons. The highest BCUT2D eigenvalue weighted by Gasteiger charge is 2.21. The highest BCUT2D eigenvalue weighted by molar-refractivity contribution is 5.98. The summed E-state index contributed by atoms with van der Waals surface area (Å²) in [6, 6.07) is 8.12. The number of carboxylic acid groups (broad SMARTS) is 2. The van der Waals surface area contributed by atoms with Gasteiger partial charge in [0.15, 0.2) is 19.0 Å². The van der Waals surface area contributed by atoms with Crippen molar-refractivity contribution >= 4 is 23.4 Å². The van der Waals surface area contributed by atoms with Crippen molar-refractivity contribution in [3.63, 3.8) is 0 Å².